The topological polar surface area (TPSA) is 6.48 Å². The molecule has 22 rings (SSSR count). The van der Waals surface area contributed by atoms with Gasteiger partial charge in [0.25, 0.3) is 0 Å². The van der Waals surface area contributed by atoms with Crippen LogP contribution in [-0.2, 0) is 10.8 Å². The molecular formula is C110H74N2S2. The van der Waals surface area contributed by atoms with Crippen molar-refractivity contribution in [3.63, 3.8) is 0 Å². The number of para-hydroxylation sites is 2. The molecule has 114 heavy (non-hydrogen) atoms. The van der Waals surface area contributed by atoms with E-state index in [1.807, 2.05) is 22.7 Å². The second kappa shape index (κ2) is 28.7. The third-order valence-corrected chi connectivity index (χ3v) is 25.9. The molecule has 20 aromatic rings. The maximum atomic E-state index is 2.47. The van der Waals surface area contributed by atoms with Crippen LogP contribution in [0.4, 0.5) is 34.1 Å². The number of thiophene rings is 2. The zero-order chi connectivity index (χ0) is 75.5. The zero-order valence-corrected chi connectivity index (χ0v) is 64.1. The van der Waals surface area contributed by atoms with Crippen molar-refractivity contribution in [2.24, 2.45) is 0 Å². The Hall–Kier alpha value is -14.0. The van der Waals surface area contributed by atoms with Crippen LogP contribution >= 0.6 is 22.7 Å². The summed E-state index contributed by atoms with van der Waals surface area (Å²) in [6, 6.07) is 165. The monoisotopic (exact) mass is 1490 g/mol. The Morgan fingerprint density at radius 3 is 1.16 bits per heavy atom. The van der Waals surface area contributed by atoms with E-state index in [1.165, 1.54) is 157 Å². The molecular weight excluding hydrogens is 1410 g/mol. The van der Waals surface area contributed by atoms with Crippen LogP contribution in [0.15, 0.2) is 449 Å². The van der Waals surface area contributed by atoms with Gasteiger partial charge < -0.3 is 9.80 Å². The van der Waals surface area contributed by atoms with Gasteiger partial charge in [-0.3, -0.25) is 0 Å². The Morgan fingerprint density at radius 2 is 0.561 bits per heavy atom. The molecule has 0 saturated heterocycles. The minimum absolute atomic E-state index is 0.420. The predicted octanol–water partition coefficient (Wildman–Crippen LogP) is 30.4. The van der Waals surface area contributed by atoms with Gasteiger partial charge in [-0.05, 0) is 196 Å². The lowest BCUT2D eigenvalue weighted by Crippen LogP contribution is -2.28. The highest BCUT2D eigenvalue weighted by molar-refractivity contribution is 7.26. The molecule has 2 aliphatic rings. The van der Waals surface area contributed by atoms with Gasteiger partial charge >= 0.3 is 0 Å². The Morgan fingerprint density at radius 1 is 0.184 bits per heavy atom. The molecule has 0 unspecified atom stereocenters. The summed E-state index contributed by atoms with van der Waals surface area (Å²) in [5.74, 6) is 0. The number of fused-ring (bicyclic) bond motifs is 12. The van der Waals surface area contributed by atoms with Crippen LogP contribution in [0.3, 0.4) is 0 Å². The van der Waals surface area contributed by atoms with Crippen LogP contribution in [0, 0.1) is 0 Å². The molecule has 0 bridgehead atoms. The van der Waals surface area contributed by atoms with Crippen molar-refractivity contribution >= 4 is 97.1 Å². The summed E-state index contributed by atoms with van der Waals surface area (Å²) in [7, 11) is 0. The third-order valence-electron chi connectivity index (χ3n) is 23.5. The minimum Gasteiger partial charge on any atom is -0.310 e. The van der Waals surface area contributed by atoms with E-state index in [0.717, 1.165) is 28.4 Å². The van der Waals surface area contributed by atoms with Crippen molar-refractivity contribution in [3.8, 4) is 66.8 Å². The molecule has 2 nitrogen and oxygen atoms in total. The van der Waals surface area contributed by atoms with E-state index in [2.05, 4.69) is 459 Å². The van der Waals surface area contributed by atoms with Crippen molar-refractivity contribution in [1.29, 1.82) is 0 Å². The maximum absolute atomic E-state index is 2.47. The largest absolute Gasteiger partial charge is 0.310 e. The highest BCUT2D eigenvalue weighted by Gasteiger charge is 2.48. The van der Waals surface area contributed by atoms with Crippen LogP contribution in [-0.4, -0.2) is 0 Å². The quantitative estimate of drug-likeness (QED) is 0.107. The summed E-state index contributed by atoms with van der Waals surface area (Å²) in [6.07, 6.45) is 0. The molecule has 2 heterocycles. The highest BCUT2D eigenvalue weighted by atomic mass is 32.1. The molecule has 2 aliphatic carbocycles. The lowest BCUT2D eigenvalue weighted by atomic mass is 9.66. The van der Waals surface area contributed by atoms with Crippen molar-refractivity contribution < 1.29 is 0 Å². The molecule has 0 saturated carbocycles. The molecule has 0 aliphatic heterocycles. The zero-order valence-electron chi connectivity index (χ0n) is 62.4. The van der Waals surface area contributed by atoms with Crippen LogP contribution in [0.25, 0.3) is 107 Å². The van der Waals surface area contributed by atoms with Gasteiger partial charge in [-0.15, -0.1) is 22.7 Å². The van der Waals surface area contributed by atoms with Gasteiger partial charge in [-0.25, -0.2) is 0 Å². The SMILES string of the molecule is c1ccc(-c2ccc(N(c3ccccc3)c3cccc(-c4cccc5c4sc4cc(C6(c7ccccc7)c7ccccc7-c7ccccc76)ccc45)c3)cc2)cc1.c1ccc(-c2cccc(-c3cccc(N(c4ccccc4)c4cccc5c4sc4cccc(C6(c7ccccc7)c7ccccc7-c7ccccc76)c45)c3)c2)cc1. The van der Waals surface area contributed by atoms with Gasteiger partial charge in [-0.2, -0.15) is 0 Å². The van der Waals surface area contributed by atoms with Gasteiger partial charge in [0.05, 0.1) is 21.2 Å². The van der Waals surface area contributed by atoms with Crippen molar-refractivity contribution in [2.75, 3.05) is 9.80 Å². The molecule has 0 fully saturated rings. The fraction of sp³-hybridized carbons (Fsp3) is 0.0182. The molecule has 0 spiro atoms. The Bertz CT molecular complexity index is 6880. The predicted molar refractivity (Wildman–Crippen MR) is 484 cm³/mol. The van der Waals surface area contributed by atoms with Gasteiger partial charge in [0.15, 0.2) is 0 Å². The fourth-order valence-corrected chi connectivity index (χ4v) is 21.1. The van der Waals surface area contributed by atoms with Gasteiger partial charge in [0.1, 0.15) is 0 Å². The molecule has 2 aromatic heterocycles. The number of hydrogen-bond acceptors (Lipinski definition) is 4. The third kappa shape index (κ3) is 11.4. The highest BCUT2D eigenvalue weighted by Crippen LogP contribution is 2.61. The molecule has 18 aromatic carbocycles. The van der Waals surface area contributed by atoms with Gasteiger partial charge in [-0.1, -0.05) is 364 Å². The summed E-state index contributed by atoms with van der Waals surface area (Å²) in [5.41, 5.74) is 31.3. The second-order valence-corrected chi connectivity index (χ2v) is 31.8. The van der Waals surface area contributed by atoms with E-state index in [4.69, 9.17) is 0 Å². The summed E-state index contributed by atoms with van der Waals surface area (Å²) >= 11 is 3.80. The van der Waals surface area contributed by atoms with E-state index in [1.54, 1.807) is 0 Å². The number of benzene rings is 18. The van der Waals surface area contributed by atoms with E-state index in [-0.39, 0.29) is 0 Å². The number of hydrogen-bond donors (Lipinski definition) is 0. The van der Waals surface area contributed by atoms with Gasteiger partial charge in [0.2, 0.25) is 0 Å². The van der Waals surface area contributed by atoms with E-state index in [0.29, 0.717) is 0 Å². The molecule has 536 valence electrons. The number of rotatable bonds is 14. The first-order chi connectivity index (χ1) is 56.6. The maximum Gasteiger partial charge on any atom is 0.0720 e. The van der Waals surface area contributed by atoms with Crippen molar-refractivity contribution in [1.82, 2.24) is 0 Å². The lowest BCUT2D eigenvalue weighted by molar-refractivity contribution is 0.770. The smallest absolute Gasteiger partial charge is 0.0720 e. The van der Waals surface area contributed by atoms with Gasteiger partial charge in [0, 0.05) is 64.1 Å². The van der Waals surface area contributed by atoms with Crippen LogP contribution < -0.4 is 9.80 Å². The lowest BCUT2D eigenvalue weighted by Gasteiger charge is -2.34. The average molecular weight is 1490 g/mol. The van der Waals surface area contributed by atoms with Crippen LogP contribution in [0.2, 0.25) is 0 Å². The second-order valence-electron chi connectivity index (χ2n) is 29.6. The Balaban J connectivity index is 0.000000143. The molecule has 0 N–H and O–H groups in total. The standard InChI is InChI=1S/2C55H37NS/c1-4-18-38(19-5-1)39-20-14-21-40(36-39)41-22-15-27-44(37-41)56(43-25-8-3-9-26-43)51-34-16-30-47-53-50(33-17-35-52(53)57-54(47)51)55(42-23-6-2-7-24-42)48-31-12-10-28-45(48)46-29-11-13-32-49(46)55;1-4-16-38(17-5-1)39-30-33-44(34-31-39)56(43-21-8-3-9-22-43)45-23-14-18-40(36-45)46-26-15-27-50-49-35-32-42(37-53(49)57-54(46)50)55(41-19-6-2-7-20-41)51-28-12-10-24-47(51)48-25-11-13-29-52(48)55/h2*1-37H. The summed E-state index contributed by atoms with van der Waals surface area (Å²) in [5, 5.41) is 5.17. The van der Waals surface area contributed by atoms with Crippen molar-refractivity contribution in [3.05, 3.63) is 493 Å². The van der Waals surface area contributed by atoms with E-state index < -0.39 is 10.8 Å². The first-order valence-electron chi connectivity index (χ1n) is 39.2. The molecule has 4 heteroatoms. The fourth-order valence-electron chi connectivity index (χ4n) is 18.6. The molecule has 0 radical (unpaired) electrons. The van der Waals surface area contributed by atoms with E-state index in [9.17, 15) is 0 Å². The first-order valence-corrected chi connectivity index (χ1v) is 40.8. The Kier molecular flexibility index (Phi) is 17.1. The number of nitrogens with zero attached hydrogens (tertiary/aromatic N) is 2. The minimum atomic E-state index is -0.486. The van der Waals surface area contributed by atoms with Crippen LogP contribution in [0.1, 0.15) is 44.5 Å². The molecule has 0 amide bonds. The number of anilines is 6. The van der Waals surface area contributed by atoms with Crippen molar-refractivity contribution in [2.45, 2.75) is 10.8 Å². The molecule has 0 atom stereocenters. The normalized spacial score (nSPS) is 12.7. The van der Waals surface area contributed by atoms with Crippen LogP contribution in [0.5, 0.6) is 0 Å². The first kappa shape index (κ1) is 68.1. The summed E-state index contributed by atoms with van der Waals surface area (Å²) in [6.45, 7) is 0. The Labute approximate surface area is 673 Å². The summed E-state index contributed by atoms with van der Waals surface area (Å²) < 4.78 is 5.16. The summed E-state index contributed by atoms with van der Waals surface area (Å²) in [4.78, 5) is 4.80. The van der Waals surface area contributed by atoms with E-state index >= 15 is 0 Å². The average Bonchev–Trinajstić information content (AvgIpc) is 1.53.